The molecular weight excluding hydrogens is 292 g/mol. The normalized spacial score (nSPS) is 10.4. The maximum atomic E-state index is 12.5. The summed E-state index contributed by atoms with van der Waals surface area (Å²) in [7, 11) is 0. The highest BCUT2D eigenvalue weighted by molar-refractivity contribution is 7.12. The Labute approximate surface area is 132 Å². The van der Waals surface area contributed by atoms with Crippen molar-refractivity contribution in [3.8, 4) is 0 Å². The molecule has 22 heavy (non-hydrogen) atoms. The van der Waals surface area contributed by atoms with E-state index in [1.165, 1.54) is 11.3 Å². The SMILES string of the molecule is N=C(c1cccs1)c1cc(C(=O)c2ccccc2)ccc1N. The first-order chi connectivity index (χ1) is 10.7. The van der Waals surface area contributed by atoms with Crippen molar-refractivity contribution in [1.29, 1.82) is 5.41 Å². The van der Waals surface area contributed by atoms with Crippen LogP contribution in [0.2, 0.25) is 0 Å². The standard InChI is InChI=1S/C18H14N2OS/c19-15-9-8-13(18(21)12-5-2-1-3-6-12)11-14(15)17(20)16-7-4-10-22-16/h1-11,20H,19H2. The number of carbonyl (C=O) groups excluding carboxylic acids is 1. The molecule has 0 spiro atoms. The summed E-state index contributed by atoms with van der Waals surface area (Å²) >= 11 is 1.48. The number of hydrogen-bond donors (Lipinski definition) is 2. The summed E-state index contributed by atoms with van der Waals surface area (Å²) in [4.78, 5) is 13.3. The van der Waals surface area contributed by atoms with Gasteiger partial charge in [0.2, 0.25) is 0 Å². The zero-order valence-corrected chi connectivity index (χ0v) is 12.6. The lowest BCUT2D eigenvalue weighted by atomic mass is 9.98. The fourth-order valence-electron chi connectivity index (χ4n) is 2.22. The van der Waals surface area contributed by atoms with Gasteiger partial charge in [-0.25, -0.2) is 0 Å². The van der Waals surface area contributed by atoms with E-state index in [2.05, 4.69) is 0 Å². The summed E-state index contributed by atoms with van der Waals surface area (Å²) in [5, 5.41) is 10.2. The van der Waals surface area contributed by atoms with Crippen LogP contribution in [0.15, 0.2) is 66.0 Å². The molecule has 0 aliphatic heterocycles. The van der Waals surface area contributed by atoms with Gasteiger partial charge in [0.05, 0.1) is 10.6 Å². The van der Waals surface area contributed by atoms with Gasteiger partial charge in [-0.15, -0.1) is 11.3 Å². The lowest BCUT2D eigenvalue weighted by molar-refractivity contribution is 0.103. The maximum absolute atomic E-state index is 12.5. The lowest BCUT2D eigenvalue weighted by Crippen LogP contribution is -2.08. The van der Waals surface area contributed by atoms with Crippen LogP contribution >= 0.6 is 11.3 Å². The molecule has 0 aliphatic rings. The van der Waals surface area contributed by atoms with Gasteiger partial charge in [-0.3, -0.25) is 10.2 Å². The van der Waals surface area contributed by atoms with Crippen molar-refractivity contribution < 1.29 is 4.79 Å². The van der Waals surface area contributed by atoms with Gasteiger partial charge in [-0.1, -0.05) is 36.4 Å². The third kappa shape index (κ3) is 2.69. The summed E-state index contributed by atoms with van der Waals surface area (Å²) in [6, 6.07) is 18.0. The first-order valence-corrected chi connectivity index (χ1v) is 7.67. The molecule has 3 nitrogen and oxygen atoms in total. The summed E-state index contributed by atoms with van der Waals surface area (Å²) in [5.41, 5.74) is 8.59. The Kier molecular flexibility index (Phi) is 3.85. The molecule has 3 rings (SSSR count). The number of nitrogens with one attached hydrogen (secondary N) is 1. The summed E-state index contributed by atoms with van der Waals surface area (Å²) < 4.78 is 0. The molecule has 3 aromatic rings. The molecule has 0 radical (unpaired) electrons. The molecule has 1 aromatic heterocycles. The molecule has 0 fully saturated rings. The molecule has 0 amide bonds. The van der Waals surface area contributed by atoms with Gasteiger partial charge in [-0.2, -0.15) is 0 Å². The topological polar surface area (TPSA) is 66.9 Å². The lowest BCUT2D eigenvalue weighted by Gasteiger charge is -2.09. The Morgan fingerprint density at radius 2 is 1.73 bits per heavy atom. The molecule has 3 N–H and O–H groups in total. The van der Waals surface area contributed by atoms with Gasteiger partial charge in [0.25, 0.3) is 0 Å². The highest BCUT2D eigenvalue weighted by Crippen LogP contribution is 2.22. The van der Waals surface area contributed by atoms with E-state index in [0.717, 1.165) is 4.88 Å². The van der Waals surface area contributed by atoms with Crippen molar-refractivity contribution in [2.75, 3.05) is 5.73 Å². The number of benzene rings is 2. The second kappa shape index (κ2) is 5.95. The van der Waals surface area contributed by atoms with Gasteiger partial charge in [0, 0.05) is 22.4 Å². The second-order valence-corrected chi connectivity index (χ2v) is 5.80. The van der Waals surface area contributed by atoms with E-state index in [4.69, 9.17) is 11.1 Å². The van der Waals surface area contributed by atoms with Crippen LogP contribution in [0.1, 0.15) is 26.4 Å². The van der Waals surface area contributed by atoms with Gasteiger partial charge in [0.15, 0.2) is 5.78 Å². The van der Waals surface area contributed by atoms with E-state index >= 15 is 0 Å². The molecule has 0 unspecified atom stereocenters. The molecule has 0 atom stereocenters. The van der Waals surface area contributed by atoms with E-state index in [9.17, 15) is 4.79 Å². The van der Waals surface area contributed by atoms with Crippen LogP contribution < -0.4 is 5.73 Å². The van der Waals surface area contributed by atoms with E-state index in [1.807, 2.05) is 35.7 Å². The highest BCUT2D eigenvalue weighted by atomic mass is 32.1. The number of thiophene rings is 1. The fraction of sp³-hybridized carbons (Fsp3) is 0. The zero-order chi connectivity index (χ0) is 15.5. The van der Waals surface area contributed by atoms with E-state index in [1.54, 1.807) is 30.3 Å². The number of nitrogen functional groups attached to an aromatic ring is 1. The average Bonchev–Trinajstić information content (AvgIpc) is 3.09. The molecule has 108 valence electrons. The van der Waals surface area contributed by atoms with Crippen molar-refractivity contribution >= 4 is 28.5 Å². The Hall–Kier alpha value is -2.72. The van der Waals surface area contributed by atoms with Crippen LogP contribution in [0, 0.1) is 5.41 Å². The maximum Gasteiger partial charge on any atom is 0.193 e. The first-order valence-electron chi connectivity index (χ1n) is 6.79. The number of hydrogen-bond acceptors (Lipinski definition) is 4. The Morgan fingerprint density at radius 1 is 0.955 bits per heavy atom. The van der Waals surface area contributed by atoms with Crippen molar-refractivity contribution in [1.82, 2.24) is 0 Å². The van der Waals surface area contributed by atoms with Crippen LogP contribution in [-0.2, 0) is 0 Å². The zero-order valence-electron chi connectivity index (χ0n) is 11.7. The van der Waals surface area contributed by atoms with Crippen molar-refractivity contribution in [2.45, 2.75) is 0 Å². The van der Waals surface area contributed by atoms with Crippen LogP contribution in [0.3, 0.4) is 0 Å². The van der Waals surface area contributed by atoms with Gasteiger partial charge in [0.1, 0.15) is 0 Å². The van der Waals surface area contributed by atoms with Gasteiger partial charge in [-0.05, 0) is 29.6 Å². The molecule has 0 saturated heterocycles. The Balaban J connectivity index is 2.00. The first kappa shape index (κ1) is 14.2. The molecular formula is C18H14N2OS. The highest BCUT2D eigenvalue weighted by Gasteiger charge is 2.14. The van der Waals surface area contributed by atoms with Crippen LogP contribution in [0.4, 0.5) is 5.69 Å². The minimum absolute atomic E-state index is 0.0687. The average molecular weight is 306 g/mol. The number of anilines is 1. The van der Waals surface area contributed by atoms with E-state index in [0.29, 0.717) is 28.1 Å². The third-order valence-electron chi connectivity index (χ3n) is 3.39. The predicted octanol–water partition coefficient (Wildman–Crippen LogP) is 3.98. The molecule has 4 heteroatoms. The van der Waals surface area contributed by atoms with Gasteiger partial charge < -0.3 is 5.73 Å². The van der Waals surface area contributed by atoms with Gasteiger partial charge >= 0.3 is 0 Å². The number of ketones is 1. The third-order valence-corrected chi connectivity index (χ3v) is 4.28. The van der Waals surface area contributed by atoms with Crippen LogP contribution in [-0.4, -0.2) is 11.5 Å². The number of nitrogens with two attached hydrogens (primary N) is 1. The molecule has 0 saturated carbocycles. The predicted molar refractivity (Wildman–Crippen MR) is 91.0 cm³/mol. The van der Waals surface area contributed by atoms with E-state index in [-0.39, 0.29) is 5.78 Å². The number of rotatable bonds is 4. The summed E-state index contributed by atoms with van der Waals surface area (Å²) in [6.45, 7) is 0. The van der Waals surface area contributed by atoms with Crippen LogP contribution in [0.25, 0.3) is 0 Å². The minimum atomic E-state index is -0.0687. The molecule has 2 aromatic carbocycles. The quantitative estimate of drug-likeness (QED) is 0.435. The largest absolute Gasteiger partial charge is 0.398 e. The smallest absolute Gasteiger partial charge is 0.193 e. The summed E-state index contributed by atoms with van der Waals surface area (Å²) in [5.74, 6) is -0.0687. The minimum Gasteiger partial charge on any atom is -0.398 e. The molecule has 1 heterocycles. The van der Waals surface area contributed by atoms with Crippen molar-refractivity contribution in [3.05, 3.63) is 87.6 Å². The molecule has 0 bridgehead atoms. The molecule has 0 aliphatic carbocycles. The summed E-state index contributed by atoms with van der Waals surface area (Å²) in [6.07, 6.45) is 0. The second-order valence-electron chi connectivity index (χ2n) is 4.85. The number of carbonyl (C=O) groups is 1. The van der Waals surface area contributed by atoms with Crippen molar-refractivity contribution in [2.24, 2.45) is 0 Å². The Bertz CT molecular complexity index is 824. The van der Waals surface area contributed by atoms with Crippen molar-refractivity contribution in [3.63, 3.8) is 0 Å². The monoisotopic (exact) mass is 306 g/mol. The fourth-order valence-corrected chi connectivity index (χ4v) is 2.91. The Morgan fingerprint density at radius 3 is 2.41 bits per heavy atom. The van der Waals surface area contributed by atoms with Crippen LogP contribution in [0.5, 0.6) is 0 Å². The van der Waals surface area contributed by atoms with E-state index < -0.39 is 0 Å².